The molecule has 20 heavy (non-hydrogen) atoms. The first-order chi connectivity index (χ1) is 9.52. The number of nitrogens with zero attached hydrogens (tertiary/aromatic N) is 1. The second kappa shape index (κ2) is 5.13. The molecule has 3 amide bonds. The highest BCUT2D eigenvalue weighted by Gasteiger charge is 2.37. The molecule has 1 aromatic carbocycles. The summed E-state index contributed by atoms with van der Waals surface area (Å²) in [6.07, 6.45) is 3.34. The average molecular weight is 270 g/mol. The molecule has 102 valence electrons. The van der Waals surface area contributed by atoms with Gasteiger partial charge >= 0.3 is 0 Å². The summed E-state index contributed by atoms with van der Waals surface area (Å²) in [7, 11) is 0. The molecule has 0 saturated carbocycles. The predicted octanol–water partition coefficient (Wildman–Crippen LogP) is 1.30. The highest BCUT2D eigenvalue weighted by atomic mass is 16.2. The quantitative estimate of drug-likeness (QED) is 0.646. The molecular weight excluding hydrogens is 256 g/mol. The first-order valence-corrected chi connectivity index (χ1v) is 6.06. The van der Waals surface area contributed by atoms with E-state index in [-0.39, 0.29) is 23.6 Å². The molecule has 0 unspecified atom stereocenters. The van der Waals surface area contributed by atoms with Crippen LogP contribution < -0.4 is 5.73 Å². The zero-order valence-corrected chi connectivity index (χ0v) is 10.9. The van der Waals surface area contributed by atoms with E-state index in [4.69, 9.17) is 5.73 Å². The van der Waals surface area contributed by atoms with Crippen molar-refractivity contribution in [3.8, 4) is 0 Å². The molecule has 0 aromatic heterocycles. The van der Waals surface area contributed by atoms with Crippen LogP contribution in [0.3, 0.4) is 0 Å². The molecule has 1 heterocycles. The molecule has 0 spiro atoms. The first-order valence-electron chi connectivity index (χ1n) is 6.06. The van der Waals surface area contributed by atoms with Gasteiger partial charge in [0.15, 0.2) is 0 Å². The van der Waals surface area contributed by atoms with E-state index in [9.17, 15) is 14.4 Å². The van der Waals surface area contributed by atoms with Crippen LogP contribution in [0.1, 0.15) is 36.6 Å². The second-order valence-electron chi connectivity index (χ2n) is 4.38. The van der Waals surface area contributed by atoms with Gasteiger partial charge in [-0.15, -0.1) is 13.2 Å². The summed E-state index contributed by atoms with van der Waals surface area (Å²) in [5.41, 5.74) is 6.54. The number of primary amides is 1. The predicted molar refractivity (Wildman–Crippen MR) is 74.4 cm³/mol. The summed E-state index contributed by atoms with van der Waals surface area (Å²) in [6.45, 7) is 7.26. The van der Waals surface area contributed by atoms with Crippen LogP contribution in [-0.4, -0.2) is 29.2 Å². The van der Waals surface area contributed by atoms with E-state index in [1.807, 2.05) is 0 Å². The van der Waals surface area contributed by atoms with Crippen molar-refractivity contribution in [1.29, 1.82) is 0 Å². The number of hydrogen-bond acceptors (Lipinski definition) is 3. The number of imide groups is 1. The van der Waals surface area contributed by atoms with Gasteiger partial charge in [0.05, 0.1) is 11.1 Å². The average Bonchev–Trinajstić information content (AvgIpc) is 2.65. The fourth-order valence-electron chi connectivity index (χ4n) is 2.33. The Kier molecular flexibility index (Phi) is 3.52. The maximum atomic E-state index is 12.3. The largest absolute Gasteiger partial charge is 0.366 e. The summed E-state index contributed by atoms with van der Waals surface area (Å²) in [4.78, 5) is 37.0. The number of carbonyl (C=O) groups is 3. The van der Waals surface area contributed by atoms with E-state index in [1.165, 1.54) is 18.2 Å². The summed E-state index contributed by atoms with van der Waals surface area (Å²) in [5.74, 6) is -1.44. The molecular formula is C15H14N2O3. The Balaban J connectivity index is 2.67. The maximum Gasteiger partial charge on any atom is 0.262 e. The minimum Gasteiger partial charge on any atom is -0.366 e. The van der Waals surface area contributed by atoms with Gasteiger partial charge in [-0.2, -0.15) is 0 Å². The molecule has 0 bridgehead atoms. The van der Waals surface area contributed by atoms with Crippen molar-refractivity contribution in [2.75, 3.05) is 6.54 Å². The van der Waals surface area contributed by atoms with Crippen LogP contribution in [0.5, 0.6) is 0 Å². The van der Waals surface area contributed by atoms with Gasteiger partial charge in [0.25, 0.3) is 11.8 Å². The highest BCUT2D eigenvalue weighted by Crippen LogP contribution is 2.29. The van der Waals surface area contributed by atoms with Crippen LogP contribution in [0.4, 0.5) is 0 Å². The van der Waals surface area contributed by atoms with Crippen LogP contribution >= 0.6 is 0 Å². The van der Waals surface area contributed by atoms with Crippen molar-refractivity contribution < 1.29 is 14.4 Å². The van der Waals surface area contributed by atoms with Crippen LogP contribution in [-0.2, 0) is 6.42 Å². The van der Waals surface area contributed by atoms with Gasteiger partial charge in [-0.25, -0.2) is 0 Å². The first kappa shape index (κ1) is 13.7. The number of benzene rings is 1. The maximum absolute atomic E-state index is 12.3. The Morgan fingerprint density at radius 3 is 2.45 bits per heavy atom. The molecule has 0 fully saturated rings. The van der Waals surface area contributed by atoms with Crippen LogP contribution in [0.15, 0.2) is 37.4 Å². The summed E-state index contributed by atoms with van der Waals surface area (Å²) in [6, 6.07) is 2.94. The van der Waals surface area contributed by atoms with Crippen LogP contribution in [0.2, 0.25) is 0 Å². The SMILES string of the molecule is C=CCc1c(C(N)=O)ccc2c1C(=O)N(CC=C)C2=O. The number of carbonyl (C=O) groups excluding carboxylic acids is 3. The van der Waals surface area contributed by atoms with E-state index < -0.39 is 11.8 Å². The van der Waals surface area contributed by atoms with Gasteiger partial charge in [0.1, 0.15) is 0 Å². The molecule has 0 atom stereocenters. The third kappa shape index (κ3) is 1.93. The Hall–Kier alpha value is -2.69. The van der Waals surface area contributed by atoms with E-state index in [0.717, 1.165) is 4.90 Å². The summed E-state index contributed by atoms with van der Waals surface area (Å²) in [5, 5.41) is 0. The van der Waals surface area contributed by atoms with Crippen molar-refractivity contribution in [3.63, 3.8) is 0 Å². The highest BCUT2D eigenvalue weighted by molar-refractivity contribution is 6.23. The van der Waals surface area contributed by atoms with Gasteiger partial charge in [-0.05, 0) is 24.1 Å². The molecule has 0 aliphatic carbocycles. The van der Waals surface area contributed by atoms with Crippen LogP contribution in [0, 0.1) is 0 Å². The van der Waals surface area contributed by atoms with Crippen molar-refractivity contribution in [1.82, 2.24) is 4.90 Å². The number of allylic oxidation sites excluding steroid dienone is 1. The molecule has 0 radical (unpaired) electrons. The van der Waals surface area contributed by atoms with E-state index in [1.54, 1.807) is 6.08 Å². The lowest BCUT2D eigenvalue weighted by Gasteiger charge is -2.11. The lowest BCUT2D eigenvalue weighted by atomic mass is 9.94. The van der Waals surface area contributed by atoms with Crippen molar-refractivity contribution >= 4 is 17.7 Å². The smallest absolute Gasteiger partial charge is 0.262 e. The zero-order valence-electron chi connectivity index (χ0n) is 10.9. The van der Waals surface area contributed by atoms with Gasteiger partial charge < -0.3 is 5.73 Å². The number of hydrogen-bond donors (Lipinski definition) is 1. The number of nitrogens with two attached hydrogens (primary N) is 1. The normalized spacial score (nSPS) is 13.3. The van der Waals surface area contributed by atoms with E-state index in [0.29, 0.717) is 17.5 Å². The van der Waals surface area contributed by atoms with E-state index in [2.05, 4.69) is 13.2 Å². The fraction of sp³-hybridized carbons (Fsp3) is 0.133. The Labute approximate surface area is 116 Å². The lowest BCUT2D eigenvalue weighted by Crippen LogP contribution is -2.29. The van der Waals surface area contributed by atoms with Gasteiger partial charge in [0.2, 0.25) is 5.91 Å². The lowest BCUT2D eigenvalue weighted by molar-refractivity contribution is 0.0671. The Morgan fingerprint density at radius 2 is 1.90 bits per heavy atom. The molecule has 1 aromatic rings. The van der Waals surface area contributed by atoms with Gasteiger partial charge in [-0.3, -0.25) is 19.3 Å². The second-order valence-corrected chi connectivity index (χ2v) is 4.38. The number of rotatable bonds is 5. The summed E-state index contributed by atoms with van der Waals surface area (Å²) < 4.78 is 0. The monoisotopic (exact) mass is 270 g/mol. The molecule has 5 heteroatoms. The standard InChI is InChI=1S/C15H14N2O3/c1-3-5-9-10(13(16)18)6-7-11-12(9)15(20)17(8-4-2)14(11)19/h3-4,6-7H,1-2,5,8H2,(H2,16,18). The molecule has 5 nitrogen and oxygen atoms in total. The summed E-state index contributed by atoms with van der Waals surface area (Å²) >= 11 is 0. The van der Waals surface area contributed by atoms with Crippen molar-refractivity contribution in [2.45, 2.75) is 6.42 Å². The zero-order chi connectivity index (χ0) is 14.9. The number of fused-ring (bicyclic) bond motifs is 1. The molecule has 1 aliphatic rings. The Bertz CT molecular complexity index is 647. The van der Waals surface area contributed by atoms with Crippen molar-refractivity contribution in [2.24, 2.45) is 5.73 Å². The topological polar surface area (TPSA) is 80.5 Å². The minimum absolute atomic E-state index is 0.131. The third-order valence-corrected chi connectivity index (χ3v) is 3.17. The molecule has 0 saturated heterocycles. The third-order valence-electron chi connectivity index (χ3n) is 3.17. The minimum atomic E-state index is -0.632. The van der Waals surface area contributed by atoms with Gasteiger partial charge in [0, 0.05) is 12.1 Å². The Morgan fingerprint density at radius 1 is 1.20 bits per heavy atom. The number of amides is 3. The molecule has 2 N–H and O–H groups in total. The van der Waals surface area contributed by atoms with Crippen LogP contribution in [0.25, 0.3) is 0 Å². The fourth-order valence-corrected chi connectivity index (χ4v) is 2.33. The molecule has 2 rings (SSSR count). The van der Waals surface area contributed by atoms with E-state index >= 15 is 0 Å². The molecule has 1 aliphatic heterocycles. The van der Waals surface area contributed by atoms with Crippen molar-refractivity contribution in [3.05, 3.63) is 59.7 Å². The van der Waals surface area contributed by atoms with Gasteiger partial charge in [-0.1, -0.05) is 12.2 Å².